The maximum Gasteiger partial charge on any atom is 0.245 e. The molecule has 6 nitrogen and oxygen atoms in total. The average Bonchev–Trinajstić information content (AvgIpc) is 3.64. The lowest BCUT2D eigenvalue weighted by Crippen LogP contribution is -3.00. The molecule has 0 saturated carbocycles. The fourth-order valence-electron chi connectivity index (χ4n) is 5.46. The van der Waals surface area contributed by atoms with Crippen molar-refractivity contribution in [3.05, 3.63) is 37.4 Å². The van der Waals surface area contributed by atoms with Gasteiger partial charge in [-0.1, -0.05) is 117 Å². The molecule has 0 aliphatic heterocycles. The van der Waals surface area contributed by atoms with Gasteiger partial charge in [-0.15, -0.1) is 0 Å². The number of aromatic nitrogens is 4. The molecule has 0 aliphatic carbocycles. The molecular formula is C35H66Cl2N4O2. The normalized spacial score (nSPS) is 11.0. The molecule has 252 valence electrons. The van der Waals surface area contributed by atoms with Gasteiger partial charge in [-0.3, -0.25) is 0 Å². The SMILES string of the molecule is CCCCCCCCCCCCn1cc[n+](COCCCOC[n+]2ccn(CCCCCCCCCCCC)c2)c1.[Cl-].[Cl-]. The summed E-state index contributed by atoms with van der Waals surface area (Å²) >= 11 is 0. The molecule has 0 aromatic carbocycles. The second-order valence-electron chi connectivity index (χ2n) is 12.1. The second-order valence-corrected chi connectivity index (χ2v) is 12.1. The van der Waals surface area contributed by atoms with E-state index in [0.717, 1.165) is 32.7 Å². The van der Waals surface area contributed by atoms with Gasteiger partial charge >= 0.3 is 0 Å². The van der Waals surface area contributed by atoms with Crippen LogP contribution in [-0.2, 0) is 36.0 Å². The first-order valence-corrected chi connectivity index (χ1v) is 17.6. The van der Waals surface area contributed by atoms with Gasteiger partial charge in [-0.25, -0.2) is 18.3 Å². The molecule has 8 heteroatoms. The third kappa shape index (κ3) is 23.9. The highest BCUT2D eigenvalue weighted by atomic mass is 35.5. The Morgan fingerprint density at radius 3 is 1.12 bits per heavy atom. The van der Waals surface area contributed by atoms with Gasteiger partial charge in [0, 0.05) is 0 Å². The Morgan fingerprint density at radius 1 is 0.442 bits per heavy atom. The van der Waals surface area contributed by atoms with Crippen LogP contribution in [-0.4, -0.2) is 22.3 Å². The summed E-state index contributed by atoms with van der Waals surface area (Å²) < 4.78 is 20.5. The quantitative estimate of drug-likeness (QED) is 0.0969. The number of hydrogen-bond donors (Lipinski definition) is 0. The van der Waals surface area contributed by atoms with Crippen molar-refractivity contribution in [3.8, 4) is 0 Å². The topological polar surface area (TPSA) is 36.1 Å². The fourth-order valence-corrected chi connectivity index (χ4v) is 5.46. The summed E-state index contributed by atoms with van der Waals surface area (Å²) in [4.78, 5) is 0. The molecule has 2 aromatic heterocycles. The van der Waals surface area contributed by atoms with Crippen LogP contribution < -0.4 is 33.9 Å². The Hall–Kier alpha value is -1.08. The highest BCUT2D eigenvalue weighted by Gasteiger charge is 2.05. The van der Waals surface area contributed by atoms with E-state index >= 15 is 0 Å². The summed E-state index contributed by atoms with van der Waals surface area (Å²) in [5.74, 6) is 0. The summed E-state index contributed by atoms with van der Waals surface area (Å²) in [5, 5.41) is 0. The molecule has 0 fully saturated rings. The smallest absolute Gasteiger partial charge is 0.245 e. The van der Waals surface area contributed by atoms with Gasteiger partial charge in [0.2, 0.25) is 12.7 Å². The minimum Gasteiger partial charge on any atom is -1.00 e. The molecule has 0 amide bonds. The van der Waals surface area contributed by atoms with Crippen molar-refractivity contribution in [1.82, 2.24) is 9.13 Å². The summed E-state index contributed by atoms with van der Waals surface area (Å²) in [6, 6.07) is 0. The summed E-state index contributed by atoms with van der Waals surface area (Å²) in [6.07, 6.45) is 41.5. The molecule has 2 rings (SSSR count). The van der Waals surface area contributed by atoms with E-state index in [1.807, 2.05) is 0 Å². The number of unbranched alkanes of at least 4 members (excludes halogenated alkanes) is 18. The first-order valence-electron chi connectivity index (χ1n) is 17.6. The van der Waals surface area contributed by atoms with Gasteiger partial charge in [0.05, 0.1) is 26.3 Å². The number of hydrogen-bond acceptors (Lipinski definition) is 2. The van der Waals surface area contributed by atoms with Crippen molar-refractivity contribution in [2.45, 2.75) is 175 Å². The standard InChI is InChI=1S/C35H66N4O2.2ClH/c1-3-5-7-9-11-13-15-17-19-21-24-36-26-28-38(32-36)34-40-30-23-31-41-35-39-29-27-37(33-39)25-22-20-18-16-14-12-10-8-6-4-2;;/h26-29,32-33H,3-25,30-31,34-35H2,1-2H3;2*1H/q+2;;/p-2. The molecule has 0 N–H and O–H groups in total. The monoisotopic (exact) mass is 644 g/mol. The Balaban J connectivity index is 0.00000882. The molecule has 0 saturated heterocycles. The number of rotatable bonds is 30. The Bertz CT molecular complexity index is 764. The van der Waals surface area contributed by atoms with Crippen LogP contribution in [0.25, 0.3) is 0 Å². The van der Waals surface area contributed by atoms with Crippen molar-refractivity contribution in [3.63, 3.8) is 0 Å². The van der Waals surface area contributed by atoms with E-state index in [1.54, 1.807) is 0 Å². The summed E-state index contributed by atoms with van der Waals surface area (Å²) in [5.41, 5.74) is 0. The van der Waals surface area contributed by atoms with E-state index < -0.39 is 0 Å². The molecule has 0 atom stereocenters. The van der Waals surface area contributed by atoms with Crippen molar-refractivity contribution < 1.29 is 43.4 Å². The van der Waals surface area contributed by atoms with Gasteiger partial charge in [-0.05, 0) is 32.1 Å². The van der Waals surface area contributed by atoms with Crippen molar-refractivity contribution in [2.24, 2.45) is 0 Å². The van der Waals surface area contributed by atoms with Crippen LogP contribution >= 0.6 is 0 Å². The molecule has 0 aliphatic rings. The second kappa shape index (κ2) is 30.9. The van der Waals surface area contributed by atoms with E-state index in [2.05, 4.69) is 69.6 Å². The van der Waals surface area contributed by atoms with Crippen LogP contribution in [0.5, 0.6) is 0 Å². The third-order valence-electron chi connectivity index (χ3n) is 8.09. The van der Waals surface area contributed by atoms with E-state index in [9.17, 15) is 0 Å². The zero-order chi connectivity index (χ0) is 29.1. The Labute approximate surface area is 277 Å². The summed E-state index contributed by atoms with van der Waals surface area (Å²) in [7, 11) is 0. The molecule has 0 spiro atoms. The zero-order valence-electron chi connectivity index (χ0n) is 27.9. The van der Waals surface area contributed by atoms with E-state index in [1.165, 1.54) is 128 Å². The molecule has 2 aromatic rings. The van der Waals surface area contributed by atoms with Crippen LogP contribution in [0.3, 0.4) is 0 Å². The van der Waals surface area contributed by atoms with Gasteiger partial charge in [-0.2, -0.15) is 0 Å². The van der Waals surface area contributed by atoms with Crippen molar-refractivity contribution in [1.29, 1.82) is 0 Å². The van der Waals surface area contributed by atoms with Gasteiger partial charge < -0.3 is 34.3 Å². The lowest BCUT2D eigenvalue weighted by Gasteiger charge is -2.03. The Kier molecular flexibility index (Phi) is 30.1. The lowest BCUT2D eigenvalue weighted by atomic mass is 10.1. The van der Waals surface area contributed by atoms with Crippen LogP contribution in [0.1, 0.15) is 149 Å². The van der Waals surface area contributed by atoms with Crippen LogP contribution in [0.4, 0.5) is 0 Å². The van der Waals surface area contributed by atoms with E-state index in [4.69, 9.17) is 9.47 Å². The molecule has 2 heterocycles. The number of aryl methyl sites for hydroxylation is 2. The largest absolute Gasteiger partial charge is 1.00 e. The predicted octanol–water partition coefficient (Wildman–Crippen LogP) is 2.75. The molecular weight excluding hydrogens is 579 g/mol. The van der Waals surface area contributed by atoms with Crippen LogP contribution in [0, 0.1) is 0 Å². The minimum atomic E-state index is 0. The number of halogens is 2. The van der Waals surface area contributed by atoms with Crippen LogP contribution in [0.15, 0.2) is 37.4 Å². The van der Waals surface area contributed by atoms with Gasteiger partial charge in [0.1, 0.15) is 24.8 Å². The maximum absolute atomic E-state index is 5.85. The van der Waals surface area contributed by atoms with E-state index in [-0.39, 0.29) is 24.8 Å². The number of ether oxygens (including phenoxy) is 2. The first-order chi connectivity index (χ1) is 20.3. The fraction of sp³-hybridized carbons (Fsp3) is 0.829. The van der Waals surface area contributed by atoms with Gasteiger partial charge in [0.25, 0.3) is 0 Å². The highest BCUT2D eigenvalue weighted by Crippen LogP contribution is 2.12. The minimum absolute atomic E-state index is 0. The number of nitrogens with zero attached hydrogens (tertiary/aromatic N) is 4. The average molecular weight is 646 g/mol. The lowest BCUT2D eigenvalue weighted by molar-refractivity contribution is -0.733. The predicted molar refractivity (Wildman–Crippen MR) is 169 cm³/mol. The summed E-state index contributed by atoms with van der Waals surface area (Å²) in [6.45, 7) is 9.46. The van der Waals surface area contributed by atoms with Gasteiger partial charge in [0.15, 0.2) is 13.5 Å². The zero-order valence-corrected chi connectivity index (χ0v) is 29.4. The first kappa shape index (κ1) is 41.9. The molecule has 0 bridgehead atoms. The van der Waals surface area contributed by atoms with Crippen molar-refractivity contribution in [2.75, 3.05) is 13.2 Å². The molecule has 0 radical (unpaired) electrons. The van der Waals surface area contributed by atoms with Crippen molar-refractivity contribution >= 4 is 0 Å². The molecule has 0 unspecified atom stereocenters. The van der Waals surface area contributed by atoms with E-state index in [0.29, 0.717) is 13.5 Å². The number of imidazole rings is 2. The highest BCUT2D eigenvalue weighted by molar-refractivity contribution is 4.66. The third-order valence-corrected chi connectivity index (χ3v) is 8.09. The molecule has 43 heavy (non-hydrogen) atoms. The maximum atomic E-state index is 5.85. The Morgan fingerprint density at radius 2 is 0.767 bits per heavy atom. The van der Waals surface area contributed by atoms with Crippen LogP contribution in [0.2, 0.25) is 0 Å².